The Morgan fingerprint density at radius 1 is 1.25 bits per heavy atom. The highest BCUT2D eigenvalue weighted by Crippen LogP contribution is 2.33. The van der Waals surface area contributed by atoms with E-state index >= 15 is 0 Å². The van der Waals surface area contributed by atoms with E-state index in [2.05, 4.69) is 19.6 Å². The van der Waals surface area contributed by atoms with Crippen molar-refractivity contribution in [2.75, 3.05) is 10.1 Å². The van der Waals surface area contributed by atoms with Crippen LogP contribution in [0.1, 0.15) is 17.8 Å². The summed E-state index contributed by atoms with van der Waals surface area (Å²) in [4.78, 5) is 4.15. The first-order valence-corrected chi connectivity index (χ1v) is 10.1. The third kappa shape index (κ3) is 4.30. The number of sulfonamides is 1. The number of alkyl halides is 3. The fraction of sp³-hybridized carbons (Fsp3) is 0.267. The molecule has 0 fully saturated rings. The molecule has 150 valence electrons. The molecular weight excluding hydrogens is 424 g/mol. The molecule has 0 bridgehead atoms. The summed E-state index contributed by atoms with van der Waals surface area (Å²) in [6, 6.07) is 5.04. The third-order valence-electron chi connectivity index (χ3n) is 3.51. The van der Waals surface area contributed by atoms with Crippen LogP contribution in [0.25, 0.3) is 10.8 Å². The molecule has 0 N–H and O–H groups in total. The van der Waals surface area contributed by atoms with Crippen molar-refractivity contribution in [2.24, 2.45) is 0 Å². The molecular formula is C15H12F4N4O3S2. The Morgan fingerprint density at radius 2 is 2.00 bits per heavy atom. The summed E-state index contributed by atoms with van der Waals surface area (Å²) in [6.07, 6.45) is -3.57. The highest BCUT2D eigenvalue weighted by molar-refractivity contribution is 7.92. The van der Waals surface area contributed by atoms with Crippen molar-refractivity contribution in [1.29, 1.82) is 0 Å². The van der Waals surface area contributed by atoms with Crippen molar-refractivity contribution < 1.29 is 30.4 Å². The standard InChI is InChI=1S/C15H12F4N4O3S2/c1-2-28(24,25)23(10-5-3-4-9(16)6-10)8-12-20-7-11(27-12)13-21-22-14(26-13)15(17,18)19/h3-7H,2,8H2,1H3. The smallest absolute Gasteiger partial charge is 0.412 e. The van der Waals surface area contributed by atoms with Gasteiger partial charge in [-0.3, -0.25) is 4.31 Å². The van der Waals surface area contributed by atoms with Gasteiger partial charge in [0.1, 0.15) is 15.7 Å². The molecule has 0 aliphatic carbocycles. The number of hydrogen-bond donors (Lipinski definition) is 0. The van der Waals surface area contributed by atoms with Gasteiger partial charge in [0.25, 0.3) is 5.89 Å². The lowest BCUT2D eigenvalue weighted by molar-refractivity contribution is -0.156. The molecule has 7 nitrogen and oxygen atoms in total. The molecule has 0 saturated heterocycles. The van der Waals surface area contributed by atoms with E-state index in [-0.39, 0.29) is 33.8 Å². The number of halogens is 4. The maximum absolute atomic E-state index is 13.5. The maximum atomic E-state index is 13.5. The monoisotopic (exact) mass is 436 g/mol. The average molecular weight is 436 g/mol. The number of anilines is 1. The molecule has 1 aromatic carbocycles. The van der Waals surface area contributed by atoms with Crippen molar-refractivity contribution in [1.82, 2.24) is 15.2 Å². The van der Waals surface area contributed by atoms with E-state index in [4.69, 9.17) is 0 Å². The fourth-order valence-electron chi connectivity index (χ4n) is 2.18. The highest BCUT2D eigenvalue weighted by Gasteiger charge is 2.38. The van der Waals surface area contributed by atoms with E-state index in [1.165, 1.54) is 31.3 Å². The summed E-state index contributed by atoms with van der Waals surface area (Å²) in [7, 11) is -3.77. The predicted octanol–water partition coefficient (Wildman–Crippen LogP) is 3.71. The number of hydrogen-bond acceptors (Lipinski definition) is 7. The van der Waals surface area contributed by atoms with Gasteiger partial charge in [-0.25, -0.2) is 17.8 Å². The lowest BCUT2D eigenvalue weighted by Gasteiger charge is -2.22. The van der Waals surface area contributed by atoms with Gasteiger partial charge in [0.05, 0.1) is 24.2 Å². The molecule has 0 atom stereocenters. The lowest BCUT2D eigenvalue weighted by Crippen LogP contribution is -2.31. The largest absolute Gasteiger partial charge is 0.470 e. The fourth-order valence-corrected chi connectivity index (χ4v) is 4.16. The zero-order chi connectivity index (χ0) is 20.5. The zero-order valence-electron chi connectivity index (χ0n) is 14.1. The topological polar surface area (TPSA) is 89.2 Å². The molecule has 2 heterocycles. The quantitative estimate of drug-likeness (QED) is 0.548. The minimum atomic E-state index is -4.78. The van der Waals surface area contributed by atoms with Gasteiger partial charge in [-0.05, 0) is 25.1 Å². The molecule has 0 aliphatic rings. The van der Waals surface area contributed by atoms with Crippen LogP contribution in [0.15, 0.2) is 34.9 Å². The van der Waals surface area contributed by atoms with Crippen LogP contribution in [-0.2, 0) is 22.7 Å². The number of thiazole rings is 1. The summed E-state index contributed by atoms with van der Waals surface area (Å²) < 4.78 is 81.6. The van der Waals surface area contributed by atoms with Crippen LogP contribution in [-0.4, -0.2) is 29.4 Å². The van der Waals surface area contributed by atoms with Gasteiger partial charge >= 0.3 is 12.1 Å². The molecule has 0 spiro atoms. The molecule has 0 aliphatic heterocycles. The summed E-state index contributed by atoms with van der Waals surface area (Å²) in [5, 5.41) is 6.52. The first-order valence-electron chi connectivity index (χ1n) is 7.72. The van der Waals surface area contributed by atoms with Gasteiger partial charge in [-0.1, -0.05) is 6.07 Å². The van der Waals surface area contributed by atoms with Crippen molar-refractivity contribution in [3.63, 3.8) is 0 Å². The second-order valence-corrected chi connectivity index (χ2v) is 8.71. The first kappa shape index (κ1) is 20.2. The normalized spacial score (nSPS) is 12.3. The van der Waals surface area contributed by atoms with Crippen molar-refractivity contribution in [2.45, 2.75) is 19.6 Å². The summed E-state index contributed by atoms with van der Waals surface area (Å²) in [5.41, 5.74) is 0.107. The Morgan fingerprint density at radius 3 is 2.61 bits per heavy atom. The summed E-state index contributed by atoms with van der Waals surface area (Å²) in [5.74, 6) is -2.72. The van der Waals surface area contributed by atoms with Gasteiger partial charge in [0, 0.05) is 0 Å². The lowest BCUT2D eigenvalue weighted by atomic mass is 10.3. The molecule has 0 unspecified atom stereocenters. The number of benzene rings is 1. The van der Waals surface area contributed by atoms with E-state index in [1.807, 2.05) is 0 Å². The SMILES string of the molecule is CCS(=O)(=O)N(Cc1ncc(-c2nnc(C(F)(F)F)o2)s1)c1cccc(F)c1. The number of aromatic nitrogens is 3. The Balaban J connectivity index is 1.90. The molecule has 3 rings (SSSR count). The summed E-state index contributed by atoms with van der Waals surface area (Å²) in [6.45, 7) is 1.20. The van der Waals surface area contributed by atoms with E-state index in [0.717, 1.165) is 21.7 Å². The molecule has 28 heavy (non-hydrogen) atoms. The van der Waals surface area contributed by atoms with Gasteiger partial charge in [0.15, 0.2) is 0 Å². The number of nitrogens with zero attached hydrogens (tertiary/aromatic N) is 4. The molecule has 0 saturated carbocycles. The predicted molar refractivity (Wildman–Crippen MR) is 92.5 cm³/mol. The van der Waals surface area contributed by atoms with E-state index in [0.29, 0.717) is 0 Å². The first-order chi connectivity index (χ1) is 13.1. The van der Waals surface area contributed by atoms with E-state index in [1.54, 1.807) is 0 Å². The average Bonchev–Trinajstić information content (AvgIpc) is 3.28. The van der Waals surface area contributed by atoms with Crippen molar-refractivity contribution in [3.05, 3.63) is 47.2 Å². The maximum Gasteiger partial charge on any atom is 0.470 e. The van der Waals surface area contributed by atoms with E-state index in [9.17, 15) is 26.0 Å². The molecule has 0 radical (unpaired) electrons. The van der Waals surface area contributed by atoms with E-state index < -0.39 is 27.9 Å². The Labute approximate surface area is 160 Å². The van der Waals surface area contributed by atoms with Crippen LogP contribution in [0.4, 0.5) is 23.2 Å². The van der Waals surface area contributed by atoms with Crippen LogP contribution >= 0.6 is 11.3 Å². The van der Waals surface area contributed by atoms with Gasteiger partial charge in [-0.2, -0.15) is 13.2 Å². The molecule has 2 aromatic heterocycles. The minimum Gasteiger partial charge on any atom is -0.412 e. The zero-order valence-corrected chi connectivity index (χ0v) is 15.8. The van der Waals surface area contributed by atoms with Gasteiger partial charge in [0.2, 0.25) is 10.0 Å². The Hall–Kier alpha value is -2.54. The molecule has 0 amide bonds. The van der Waals surface area contributed by atoms with Gasteiger partial charge < -0.3 is 4.42 Å². The molecule has 13 heteroatoms. The van der Waals surface area contributed by atoms with Crippen molar-refractivity contribution in [3.8, 4) is 10.8 Å². The minimum absolute atomic E-state index is 0.107. The summed E-state index contributed by atoms with van der Waals surface area (Å²) >= 11 is 0.889. The van der Waals surface area contributed by atoms with Crippen LogP contribution in [0.5, 0.6) is 0 Å². The van der Waals surface area contributed by atoms with Crippen LogP contribution in [0.3, 0.4) is 0 Å². The van der Waals surface area contributed by atoms with Crippen molar-refractivity contribution >= 4 is 27.0 Å². The highest BCUT2D eigenvalue weighted by atomic mass is 32.2. The second-order valence-electron chi connectivity index (χ2n) is 5.42. The van der Waals surface area contributed by atoms with Crippen LogP contribution in [0, 0.1) is 5.82 Å². The van der Waals surface area contributed by atoms with Gasteiger partial charge in [-0.15, -0.1) is 21.5 Å². The third-order valence-corrected chi connectivity index (χ3v) is 6.22. The Bertz CT molecular complexity index is 1080. The Kier molecular flexibility index (Phi) is 5.39. The van der Waals surface area contributed by atoms with Crippen LogP contribution < -0.4 is 4.31 Å². The molecule has 3 aromatic rings. The number of rotatable bonds is 6. The second kappa shape index (κ2) is 7.47. The van der Waals surface area contributed by atoms with Crippen LogP contribution in [0.2, 0.25) is 0 Å².